The maximum Gasteiger partial charge on any atom is 0.321 e. The zero-order chi connectivity index (χ0) is 15.4. The van der Waals surface area contributed by atoms with Gasteiger partial charge in [-0.2, -0.15) is 0 Å². The number of anilines is 2. The SMILES string of the molecule is CC(C)NC(=O)NC(=O)CN1CCCc2c(N)cccc21. The second-order valence-corrected chi connectivity index (χ2v) is 5.55. The molecule has 1 aromatic carbocycles. The Morgan fingerprint density at radius 2 is 2.14 bits per heavy atom. The van der Waals surface area contributed by atoms with Crippen LogP contribution in [-0.4, -0.2) is 31.1 Å². The van der Waals surface area contributed by atoms with E-state index in [1.807, 2.05) is 36.9 Å². The average molecular weight is 290 g/mol. The summed E-state index contributed by atoms with van der Waals surface area (Å²) in [5, 5.41) is 4.97. The van der Waals surface area contributed by atoms with Crippen LogP contribution in [0.25, 0.3) is 0 Å². The highest BCUT2D eigenvalue weighted by atomic mass is 16.2. The van der Waals surface area contributed by atoms with Crippen molar-refractivity contribution in [2.45, 2.75) is 32.7 Å². The highest BCUT2D eigenvalue weighted by Gasteiger charge is 2.21. The largest absolute Gasteiger partial charge is 0.398 e. The van der Waals surface area contributed by atoms with Gasteiger partial charge in [-0.1, -0.05) is 6.07 Å². The molecule has 1 aliphatic heterocycles. The quantitative estimate of drug-likeness (QED) is 0.731. The minimum Gasteiger partial charge on any atom is -0.398 e. The molecule has 0 bridgehead atoms. The first-order chi connectivity index (χ1) is 9.97. The van der Waals surface area contributed by atoms with E-state index in [1.165, 1.54) is 0 Å². The number of urea groups is 1. The lowest BCUT2D eigenvalue weighted by atomic mass is 10.00. The summed E-state index contributed by atoms with van der Waals surface area (Å²) in [5.74, 6) is -0.316. The van der Waals surface area contributed by atoms with Crippen molar-refractivity contribution >= 4 is 23.3 Å². The molecule has 3 amide bonds. The fourth-order valence-electron chi connectivity index (χ4n) is 2.53. The van der Waals surface area contributed by atoms with E-state index in [4.69, 9.17) is 5.73 Å². The molecule has 0 spiro atoms. The molecule has 0 aromatic heterocycles. The van der Waals surface area contributed by atoms with E-state index >= 15 is 0 Å². The molecule has 0 radical (unpaired) electrons. The lowest BCUT2D eigenvalue weighted by Crippen LogP contribution is -2.47. The molecule has 114 valence electrons. The summed E-state index contributed by atoms with van der Waals surface area (Å²) in [7, 11) is 0. The number of nitrogens with zero attached hydrogens (tertiary/aromatic N) is 1. The minimum absolute atomic E-state index is 0.00619. The van der Waals surface area contributed by atoms with E-state index in [2.05, 4.69) is 10.6 Å². The summed E-state index contributed by atoms with van der Waals surface area (Å²) in [4.78, 5) is 25.4. The van der Waals surface area contributed by atoms with Crippen LogP contribution >= 0.6 is 0 Å². The molecule has 0 aliphatic carbocycles. The molecule has 21 heavy (non-hydrogen) atoms. The van der Waals surface area contributed by atoms with Crippen molar-refractivity contribution in [2.24, 2.45) is 0 Å². The first-order valence-corrected chi connectivity index (χ1v) is 7.20. The molecule has 0 unspecified atom stereocenters. The van der Waals surface area contributed by atoms with Crippen molar-refractivity contribution in [3.8, 4) is 0 Å². The molecule has 0 saturated carbocycles. The number of carbonyl (C=O) groups is 2. The number of nitrogens with two attached hydrogens (primary N) is 1. The number of nitrogens with one attached hydrogen (secondary N) is 2. The normalized spacial score (nSPS) is 13.8. The van der Waals surface area contributed by atoms with Crippen molar-refractivity contribution in [3.05, 3.63) is 23.8 Å². The minimum atomic E-state index is -0.459. The Balaban J connectivity index is 2.00. The predicted octanol–water partition coefficient (Wildman–Crippen LogP) is 1.26. The van der Waals surface area contributed by atoms with Crippen LogP contribution in [0, 0.1) is 0 Å². The molecule has 0 atom stereocenters. The van der Waals surface area contributed by atoms with E-state index in [0.29, 0.717) is 0 Å². The highest BCUT2D eigenvalue weighted by Crippen LogP contribution is 2.30. The van der Waals surface area contributed by atoms with E-state index < -0.39 is 6.03 Å². The Labute approximate surface area is 124 Å². The topological polar surface area (TPSA) is 87.5 Å². The Hall–Kier alpha value is -2.24. The van der Waals surface area contributed by atoms with Gasteiger partial charge in [0.1, 0.15) is 0 Å². The van der Waals surface area contributed by atoms with Gasteiger partial charge < -0.3 is 16.0 Å². The fraction of sp³-hybridized carbons (Fsp3) is 0.467. The number of hydrogen-bond donors (Lipinski definition) is 3. The van der Waals surface area contributed by atoms with Gasteiger partial charge in [-0.3, -0.25) is 10.1 Å². The summed E-state index contributed by atoms with van der Waals surface area (Å²) < 4.78 is 0. The smallest absolute Gasteiger partial charge is 0.321 e. The average Bonchev–Trinajstić information content (AvgIpc) is 2.38. The molecule has 1 aromatic rings. The van der Waals surface area contributed by atoms with E-state index in [9.17, 15) is 9.59 Å². The molecule has 0 saturated heterocycles. The van der Waals surface area contributed by atoms with Crippen LogP contribution in [0.4, 0.5) is 16.2 Å². The van der Waals surface area contributed by atoms with Gasteiger partial charge >= 0.3 is 6.03 Å². The number of carbonyl (C=O) groups excluding carboxylic acids is 2. The first kappa shape index (κ1) is 15.2. The molecule has 6 heteroatoms. The summed E-state index contributed by atoms with van der Waals surface area (Å²) >= 11 is 0. The summed E-state index contributed by atoms with van der Waals surface area (Å²) in [6, 6.07) is 5.26. The number of fused-ring (bicyclic) bond motifs is 1. The molecule has 2 rings (SSSR count). The molecule has 4 N–H and O–H groups in total. The molecule has 6 nitrogen and oxygen atoms in total. The number of hydrogen-bond acceptors (Lipinski definition) is 4. The van der Waals surface area contributed by atoms with Crippen LogP contribution in [0.15, 0.2) is 18.2 Å². The van der Waals surface area contributed by atoms with Crippen LogP contribution in [0.2, 0.25) is 0 Å². The molecule has 1 heterocycles. The lowest BCUT2D eigenvalue weighted by Gasteiger charge is -2.31. The fourth-order valence-corrected chi connectivity index (χ4v) is 2.53. The third kappa shape index (κ3) is 3.87. The van der Waals surface area contributed by atoms with Gasteiger partial charge in [-0.05, 0) is 44.4 Å². The highest BCUT2D eigenvalue weighted by molar-refractivity contribution is 5.96. The second kappa shape index (κ2) is 6.47. The Bertz CT molecular complexity index is 542. The number of nitrogen functional groups attached to an aromatic ring is 1. The Kier molecular flexibility index (Phi) is 4.67. The van der Waals surface area contributed by atoms with Crippen molar-refractivity contribution in [1.82, 2.24) is 10.6 Å². The van der Waals surface area contributed by atoms with Gasteiger partial charge in [0.2, 0.25) is 5.91 Å². The number of rotatable bonds is 3. The van der Waals surface area contributed by atoms with E-state index in [-0.39, 0.29) is 18.5 Å². The van der Waals surface area contributed by atoms with Gasteiger partial charge in [-0.15, -0.1) is 0 Å². The Morgan fingerprint density at radius 1 is 1.38 bits per heavy atom. The monoisotopic (exact) mass is 290 g/mol. The summed E-state index contributed by atoms with van der Waals surface area (Å²) in [6.07, 6.45) is 1.88. The Morgan fingerprint density at radius 3 is 2.86 bits per heavy atom. The van der Waals surface area contributed by atoms with Crippen molar-refractivity contribution in [1.29, 1.82) is 0 Å². The van der Waals surface area contributed by atoms with Gasteiger partial charge in [0.15, 0.2) is 0 Å². The standard InChI is InChI=1S/C15H22N4O2/c1-10(2)17-15(21)18-14(20)9-19-8-4-5-11-12(16)6-3-7-13(11)19/h3,6-7,10H,4-5,8-9,16H2,1-2H3,(H2,17,18,20,21). The zero-order valence-electron chi connectivity index (χ0n) is 12.5. The molecular weight excluding hydrogens is 268 g/mol. The third-order valence-corrected chi connectivity index (χ3v) is 3.39. The second-order valence-electron chi connectivity index (χ2n) is 5.55. The molecule has 1 aliphatic rings. The number of amides is 3. The van der Waals surface area contributed by atoms with Gasteiger partial charge in [0.05, 0.1) is 6.54 Å². The van der Waals surface area contributed by atoms with Crippen molar-refractivity contribution in [3.63, 3.8) is 0 Å². The van der Waals surface area contributed by atoms with Crippen LogP contribution in [0.5, 0.6) is 0 Å². The number of benzene rings is 1. The number of imide groups is 1. The van der Waals surface area contributed by atoms with Crippen LogP contribution in [-0.2, 0) is 11.2 Å². The van der Waals surface area contributed by atoms with Gasteiger partial charge in [-0.25, -0.2) is 4.79 Å². The van der Waals surface area contributed by atoms with E-state index in [0.717, 1.165) is 36.3 Å². The summed E-state index contributed by atoms with van der Waals surface area (Å²) in [5.41, 5.74) is 8.81. The van der Waals surface area contributed by atoms with E-state index in [1.54, 1.807) is 0 Å². The zero-order valence-corrected chi connectivity index (χ0v) is 12.5. The predicted molar refractivity (Wildman–Crippen MR) is 83.2 cm³/mol. The van der Waals surface area contributed by atoms with Crippen molar-refractivity contribution < 1.29 is 9.59 Å². The molecular formula is C15H22N4O2. The van der Waals surface area contributed by atoms with Crippen LogP contribution < -0.4 is 21.3 Å². The van der Waals surface area contributed by atoms with Crippen LogP contribution in [0.3, 0.4) is 0 Å². The first-order valence-electron chi connectivity index (χ1n) is 7.20. The maximum absolute atomic E-state index is 12.0. The third-order valence-electron chi connectivity index (χ3n) is 3.39. The maximum atomic E-state index is 12.0. The van der Waals surface area contributed by atoms with Gasteiger partial charge in [0, 0.05) is 24.0 Å². The van der Waals surface area contributed by atoms with Crippen LogP contribution in [0.1, 0.15) is 25.8 Å². The van der Waals surface area contributed by atoms with Gasteiger partial charge in [0.25, 0.3) is 0 Å². The lowest BCUT2D eigenvalue weighted by molar-refractivity contribution is -0.118. The molecule has 0 fully saturated rings. The summed E-state index contributed by atoms with van der Waals surface area (Å²) in [6.45, 7) is 4.62. The van der Waals surface area contributed by atoms with Crippen molar-refractivity contribution in [2.75, 3.05) is 23.7 Å².